The van der Waals surface area contributed by atoms with Crippen LogP contribution in [0.1, 0.15) is 48.0 Å². The van der Waals surface area contributed by atoms with E-state index >= 15 is 0 Å². The Kier molecular flexibility index (Phi) is 6.70. The number of aryl methyl sites for hydroxylation is 1. The zero-order valence-corrected chi connectivity index (χ0v) is 14.5. The summed E-state index contributed by atoms with van der Waals surface area (Å²) in [5, 5.41) is 11.5. The number of carbonyl (C=O) groups excluding carboxylic acids is 3. The second-order valence-electron chi connectivity index (χ2n) is 6.35. The van der Waals surface area contributed by atoms with Gasteiger partial charge < -0.3 is 10.2 Å². The zero-order chi connectivity index (χ0) is 18.2. The lowest BCUT2D eigenvalue weighted by Crippen LogP contribution is -2.46. The van der Waals surface area contributed by atoms with E-state index in [0.717, 1.165) is 5.56 Å². The standard InChI is InChI=1S/C19H23N3O3/c1-14-2-4-15(5-3-14)17(23)6-7-18(24)21-16-9-12-22(13-10-16)19(25)8-11-20/h2-5,16H,6-10,12-13H2,1H3,(H,21,24). The molecule has 25 heavy (non-hydrogen) atoms. The predicted molar refractivity (Wildman–Crippen MR) is 92.7 cm³/mol. The van der Waals surface area contributed by atoms with Gasteiger partial charge in [0, 0.05) is 37.5 Å². The number of nitriles is 1. The van der Waals surface area contributed by atoms with Crippen LogP contribution in [0.15, 0.2) is 24.3 Å². The van der Waals surface area contributed by atoms with E-state index in [0.29, 0.717) is 31.5 Å². The summed E-state index contributed by atoms with van der Waals surface area (Å²) >= 11 is 0. The maximum atomic E-state index is 12.1. The summed E-state index contributed by atoms with van der Waals surface area (Å²) in [6, 6.07) is 9.21. The lowest BCUT2D eigenvalue weighted by Gasteiger charge is -2.32. The van der Waals surface area contributed by atoms with E-state index < -0.39 is 0 Å². The summed E-state index contributed by atoms with van der Waals surface area (Å²) in [6.45, 7) is 3.06. The Hall–Kier alpha value is -2.68. The average Bonchev–Trinajstić information content (AvgIpc) is 2.61. The molecule has 1 N–H and O–H groups in total. The van der Waals surface area contributed by atoms with Crippen molar-refractivity contribution in [2.75, 3.05) is 13.1 Å². The number of hydrogen-bond donors (Lipinski definition) is 1. The van der Waals surface area contributed by atoms with E-state index in [4.69, 9.17) is 5.26 Å². The molecular formula is C19H23N3O3. The van der Waals surface area contributed by atoms with Crippen LogP contribution in [-0.2, 0) is 9.59 Å². The molecule has 2 amide bonds. The highest BCUT2D eigenvalue weighted by atomic mass is 16.2. The molecular weight excluding hydrogens is 318 g/mol. The quantitative estimate of drug-likeness (QED) is 0.801. The van der Waals surface area contributed by atoms with Crippen LogP contribution in [0.4, 0.5) is 0 Å². The second kappa shape index (κ2) is 8.97. The van der Waals surface area contributed by atoms with Crippen molar-refractivity contribution in [3.8, 4) is 6.07 Å². The smallest absolute Gasteiger partial charge is 0.236 e. The molecule has 2 rings (SSSR count). The molecule has 0 radical (unpaired) electrons. The van der Waals surface area contributed by atoms with Crippen molar-refractivity contribution in [2.24, 2.45) is 0 Å². The molecule has 6 nitrogen and oxygen atoms in total. The molecule has 1 fully saturated rings. The number of nitrogens with one attached hydrogen (secondary N) is 1. The number of carbonyl (C=O) groups is 3. The van der Waals surface area contributed by atoms with E-state index in [1.54, 1.807) is 17.0 Å². The average molecular weight is 341 g/mol. The van der Waals surface area contributed by atoms with E-state index in [1.165, 1.54) is 0 Å². The van der Waals surface area contributed by atoms with Gasteiger partial charge in [0.1, 0.15) is 6.42 Å². The SMILES string of the molecule is Cc1ccc(C(=O)CCC(=O)NC2CCN(C(=O)CC#N)CC2)cc1. The van der Waals surface area contributed by atoms with Crippen molar-refractivity contribution in [1.29, 1.82) is 5.26 Å². The number of nitrogens with zero attached hydrogens (tertiary/aromatic N) is 2. The van der Waals surface area contributed by atoms with Gasteiger partial charge in [-0.15, -0.1) is 0 Å². The fourth-order valence-corrected chi connectivity index (χ4v) is 2.86. The first-order valence-corrected chi connectivity index (χ1v) is 8.53. The molecule has 1 aliphatic heterocycles. The minimum Gasteiger partial charge on any atom is -0.353 e. The van der Waals surface area contributed by atoms with Crippen LogP contribution in [0.3, 0.4) is 0 Å². The number of likely N-dealkylation sites (tertiary alicyclic amines) is 1. The topological polar surface area (TPSA) is 90.3 Å². The predicted octanol–water partition coefficient (Wildman–Crippen LogP) is 1.98. The summed E-state index contributed by atoms with van der Waals surface area (Å²) in [5.41, 5.74) is 1.72. The van der Waals surface area contributed by atoms with Crippen LogP contribution < -0.4 is 5.32 Å². The van der Waals surface area contributed by atoms with Gasteiger partial charge in [-0.25, -0.2) is 0 Å². The molecule has 0 atom stereocenters. The number of Topliss-reactive ketones (excluding diaryl/α,β-unsaturated/α-hetero) is 1. The van der Waals surface area contributed by atoms with Crippen LogP contribution in [0.2, 0.25) is 0 Å². The highest BCUT2D eigenvalue weighted by molar-refractivity contribution is 5.98. The molecule has 1 aromatic carbocycles. The normalized spacial score (nSPS) is 14.6. The number of ketones is 1. The van der Waals surface area contributed by atoms with E-state index in [9.17, 15) is 14.4 Å². The number of piperidine rings is 1. The molecule has 1 aromatic rings. The van der Waals surface area contributed by atoms with Crippen molar-refractivity contribution in [1.82, 2.24) is 10.2 Å². The molecule has 0 saturated carbocycles. The van der Waals surface area contributed by atoms with Crippen molar-refractivity contribution in [3.05, 3.63) is 35.4 Å². The van der Waals surface area contributed by atoms with Crippen LogP contribution in [0.5, 0.6) is 0 Å². The Labute approximate surface area is 147 Å². The third-order valence-electron chi connectivity index (χ3n) is 4.40. The van der Waals surface area contributed by atoms with Crippen molar-refractivity contribution >= 4 is 17.6 Å². The third-order valence-corrected chi connectivity index (χ3v) is 4.40. The molecule has 0 spiro atoms. The number of benzene rings is 1. The van der Waals surface area contributed by atoms with Gasteiger partial charge in [0.15, 0.2) is 5.78 Å². The van der Waals surface area contributed by atoms with Gasteiger partial charge in [0.2, 0.25) is 11.8 Å². The molecule has 0 unspecified atom stereocenters. The molecule has 1 saturated heterocycles. The van der Waals surface area contributed by atoms with Gasteiger partial charge in [0.25, 0.3) is 0 Å². The molecule has 0 aromatic heterocycles. The first kappa shape index (κ1) is 18.7. The van der Waals surface area contributed by atoms with Crippen LogP contribution in [-0.4, -0.2) is 41.6 Å². The maximum absolute atomic E-state index is 12.1. The summed E-state index contributed by atoms with van der Waals surface area (Å²) in [6.07, 6.45) is 1.61. The van der Waals surface area contributed by atoms with Crippen molar-refractivity contribution in [3.63, 3.8) is 0 Å². The molecule has 1 aliphatic rings. The Morgan fingerprint density at radius 1 is 1.16 bits per heavy atom. The molecule has 0 aliphatic carbocycles. The largest absolute Gasteiger partial charge is 0.353 e. The van der Waals surface area contributed by atoms with Crippen molar-refractivity contribution in [2.45, 2.75) is 45.1 Å². The number of amides is 2. The lowest BCUT2D eigenvalue weighted by atomic mass is 10.0. The Morgan fingerprint density at radius 2 is 1.80 bits per heavy atom. The van der Waals surface area contributed by atoms with Gasteiger partial charge in [-0.1, -0.05) is 29.8 Å². The number of rotatable bonds is 6. The zero-order valence-electron chi connectivity index (χ0n) is 14.5. The highest BCUT2D eigenvalue weighted by Crippen LogP contribution is 2.12. The molecule has 0 bridgehead atoms. The summed E-state index contributed by atoms with van der Waals surface area (Å²) in [5.74, 6) is -0.328. The summed E-state index contributed by atoms with van der Waals surface area (Å²) in [7, 11) is 0. The van der Waals surface area contributed by atoms with Crippen molar-refractivity contribution < 1.29 is 14.4 Å². The third kappa shape index (κ3) is 5.71. The molecule has 1 heterocycles. The van der Waals surface area contributed by atoms with Crippen LogP contribution >= 0.6 is 0 Å². The first-order valence-electron chi connectivity index (χ1n) is 8.53. The summed E-state index contributed by atoms with van der Waals surface area (Å²) < 4.78 is 0. The minimum absolute atomic E-state index is 0.0214. The monoisotopic (exact) mass is 341 g/mol. The van der Waals surface area contributed by atoms with Gasteiger partial charge in [-0.05, 0) is 19.8 Å². The minimum atomic E-state index is -0.157. The Bertz CT molecular complexity index is 668. The second-order valence-corrected chi connectivity index (χ2v) is 6.35. The molecule has 132 valence electrons. The highest BCUT2D eigenvalue weighted by Gasteiger charge is 2.23. The maximum Gasteiger partial charge on any atom is 0.236 e. The number of hydrogen-bond acceptors (Lipinski definition) is 4. The fourth-order valence-electron chi connectivity index (χ4n) is 2.86. The van der Waals surface area contributed by atoms with Crippen LogP contribution in [0.25, 0.3) is 0 Å². The van der Waals surface area contributed by atoms with Gasteiger partial charge >= 0.3 is 0 Å². The first-order chi connectivity index (χ1) is 12.0. The van der Waals surface area contributed by atoms with Gasteiger partial charge in [-0.2, -0.15) is 5.26 Å². The van der Waals surface area contributed by atoms with E-state index in [2.05, 4.69) is 5.32 Å². The van der Waals surface area contributed by atoms with Crippen LogP contribution in [0, 0.1) is 18.3 Å². The van der Waals surface area contributed by atoms with Gasteiger partial charge in [0.05, 0.1) is 6.07 Å². The lowest BCUT2D eigenvalue weighted by molar-refractivity contribution is -0.131. The Balaban J connectivity index is 1.71. The summed E-state index contributed by atoms with van der Waals surface area (Å²) in [4.78, 5) is 37.4. The van der Waals surface area contributed by atoms with Gasteiger partial charge in [-0.3, -0.25) is 14.4 Å². The van der Waals surface area contributed by atoms with E-state index in [1.807, 2.05) is 25.1 Å². The Morgan fingerprint density at radius 3 is 2.40 bits per heavy atom. The molecule has 6 heteroatoms. The fraction of sp³-hybridized carbons (Fsp3) is 0.474. The van der Waals surface area contributed by atoms with E-state index in [-0.39, 0.29) is 42.9 Å².